The van der Waals surface area contributed by atoms with Crippen molar-refractivity contribution in [3.63, 3.8) is 0 Å². The van der Waals surface area contributed by atoms with Crippen molar-refractivity contribution in [3.05, 3.63) is 58.7 Å². The number of amides is 2. The normalized spacial score (nSPS) is 15.5. The predicted molar refractivity (Wildman–Crippen MR) is 116 cm³/mol. The fourth-order valence-corrected chi connectivity index (χ4v) is 3.51. The lowest BCUT2D eigenvalue weighted by Gasteiger charge is -2.29. The highest BCUT2D eigenvalue weighted by molar-refractivity contribution is 7.80. The highest BCUT2D eigenvalue weighted by Gasteiger charge is 2.34. The van der Waals surface area contributed by atoms with Crippen LogP contribution in [-0.4, -0.2) is 31.1 Å². The molecule has 0 bridgehead atoms. The zero-order chi connectivity index (χ0) is 21.1. The van der Waals surface area contributed by atoms with Gasteiger partial charge in [0.05, 0.1) is 19.9 Å². The number of anilines is 1. The van der Waals surface area contributed by atoms with E-state index in [0.717, 1.165) is 17.5 Å². The molecule has 3 rings (SSSR count). The van der Waals surface area contributed by atoms with Gasteiger partial charge in [0.25, 0.3) is 11.8 Å². The average Bonchev–Trinajstić information content (AvgIpc) is 2.71. The van der Waals surface area contributed by atoms with Gasteiger partial charge in [0.15, 0.2) is 5.11 Å². The molecule has 0 saturated carbocycles. The van der Waals surface area contributed by atoms with Crippen molar-refractivity contribution in [1.29, 1.82) is 0 Å². The number of aryl methyl sites for hydroxylation is 1. The third-order valence-electron chi connectivity index (χ3n) is 4.81. The number of nitrogens with zero attached hydrogens (tertiary/aromatic N) is 1. The van der Waals surface area contributed by atoms with Crippen LogP contribution in [0, 0.1) is 6.92 Å². The molecule has 1 heterocycles. The molecule has 1 aliphatic heterocycles. The van der Waals surface area contributed by atoms with Crippen LogP contribution in [0.3, 0.4) is 0 Å². The summed E-state index contributed by atoms with van der Waals surface area (Å²) in [4.78, 5) is 27.0. The molecule has 0 aromatic heterocycles. The fraction of sp³-hybridized carbons (Fsp3) is 0.227. The minimum absolute atomic E-state index is 0.0268. The molecule has 0 atom stereocenters. The third-order valence-corrected chi connectivity index (χ3v) is 5.10. The minimum atomic E-state index is -0.544. The lowest BCUT2D eigenvalue weighted by atomic mass is 10.0. The van der Waals surface area contributed by atoms with E-state index in [-0.39, 0.29) is 10.7 Å². The summed E-state index contributed by atoms with van der Waals surface area (Å²) in [6.07, 6.45) is 2.40. The minimum Gasteiger partial charge on any atom is -0.496 e. The monoisotopic (exact) mass is 410 g/mol. The van der Waals surface area contributed by atoms with Gasteiger partial charge in [-0.3, -0.25) is 19.8 Å². The summed E-state index contributed by atoms with van der Waals surface area (Å²) in [6, 6.07) is 11.0. The standard InChI is InChI=1S/C22H22N2O4S/c1-5-14-6-9-16(10-7-14)24-21(26)17(20(25)23-22(24)29)12-15-8-11-18(27-3)13(2)19(15)28-4/h6-12H,5H2,1-4H3,(H,23,25,29). The number of carbonyl (C=O) groups excluding carboxylic acids is 2. The molecule has 0 radical (unpaired) electrons. The van der Waals surface area contributed by atoms with Crippen LogP contribution in [0.15, 0.2) is 42.0 Å². The topological polar surface area (TPSA) is 67.9 Å². The summed E-state index contributed by atoms with van der Waals surface area (Å²) < 4.78 is 10.8. The molecule has 150 valence electrons. The predicted octanol–water partition coefficient (Wildman–Crippen LogP) is 3.41. The lowest BCUT2D eigenvalue weighted by molar-refractivity contribution is -0.122. The van der Waals surface area contributed by atoms with Gasteiger partial charge in [-0.25, -0.2) is 0 Å². The SMILES string of the molecule is CCc1ccc(N2C(=O)C(=Cc3ccc(OC)c(C)c3OC)C(=O)NC2=S)cc1. The second-order valence-corrected chi connectivity index (χ2v) is 6.88. The smallest absolute Gasteiger partial charge is 0.270 e. The molecule has 1 fully saturated rings. The Morgan fingerprint density at radius 1 is 1.07 bits per heavy atom. The molecule has 1 aliphatic rings. The molecule has 2 aromatic rings. The highest BCUT2D eigenvalue weighted by Crippen LogP contribution is 2.33. The number of ether oxygens (including phenoxy) is 2. The molecular formula is C22H22N2O4S. The molecule has 1 N–H and O–H groups in total. The zero-order valence-corrected chi connectivity index (χ0v) is 17.6. The number of rotatable bonds is 5. The zero-order valence-electron chi connectivity index (χ0n) is 16.7. The van der Waals surface area contributed by atoms with E-state index in [2.05, 4.69) is 12.2 Å². The molecule has 2 aromatic carbocycles. The number of hydrogen-bond acceptors (Lipinski definition) is 5. The van der Waals surface area contributed by atoms with Crippen LogP contribution in [0.4, 0.5) is 5.69 Å². The molecule has 0 spiro atoms. The molecule has 0 unspecified atom stereocenters. The molecule has 1 saturated heterocycles. The van der Waals surface area contributed by atoms with E-state index in [4.69, 9.17) is 21.7 Å². The average molecular weight is 410 g/mol. The van der Waals surface area contributed by atoms with Crippen LogP contribution in [-0.2, 0) is 16.0 Å². The highest BCUT2D eigenvalue weighted by atomic mass is 32.1. The molecule has 29 heavy (non-hydrogen) atoms. The first-order valence-electron chi connectivity index (χ1n) is 9.13. The Balaban J connectivity index is 2.05. The van der Waals surface area contributed by atoms with Crippen LogP contribution >= 0.6 is 12.2 Å². The summed E-state index contributed by atoms with van der Waals surface area (Å²) in [7, 11) is 3.10. The van der Waals surface area contributed by atoms with Gasteiger partial charge >= 0.3 is 0 Å². The van der Waals surface area contributed by atoms with Crippen LogP contribution in [0.2, 0.25) is 0 Å². The van der Waals surface area contributed by atoms with Crippen LogP contribution in [0.1, 0.15) is 23.6 Å². The fourth-order valence-electron chi connectivity index (χ4n) is 3.23. The first-order chi connectivity index (χ1) is 13.9. The Kier molecular flexibility index (Phi) is 5.98. The van der Waals surface area contributed by atoms with Gasteiger partial charge in [-0.15, -0.1) is 0 Å². The van der Waals surface area contributed by atoms with Crippen molar-refractivity contribution in [2.75, 3.05) is 19.1 Å². The summed E-state index contributed by atoms with van der Waals surface area (Å²) in [5.74, 6) is 0.155. The van der Waals surface area contributed by atoms with E-state index in [1.54, 1.807) is 19.2 Å². The number of benzene rings is 2. The van der Waals surface area contributed by atoms with Crippen molar-refractivity contribution in [3.8, 4) is 11.5 Å². The summed E-state index contributed by atoms with van der Waals surface area (Å²) in [5, 5.41) is 2.65. The maximum atomic E-state index is 13.2. The second kappa shape index (κ2) is 8.45. The largest absolute Gasteiger partial charge is 0.496 e. The second-order valence-electron chi connectivity index (χ2n) is 6.49. The van der Waals surface area contributed by atoms with Crippen LogP contribution in [0.5, 0.6) is 11.5 Å². The van der Waals surface area contributed by atoms with E-state index in [1.165, 1.54) is 18.1 Å². The number of thiocarbonyl (C=S) groups is 1. The first-order valence-corrected chi connectivity index (χ1v) is 9.54. The van der Waals surface area contributed by atoms with Crippen molar-refractivity contribution < 1.29 is 19.1 Å². The van der Waals surface area contributed by atoms with E-state index < -0.39 is 11.8 Å². The van der Waals surface area contributed by atoms with Crippen molar-refractivity contribution in [2.45, 2.75) is 20.3 Å². The summed E-state index contributed by atoms with van der Waals surface area (Å²) in [5.41, 5.74) is 3.08. The van der Waals surface area contributed by atoms with Crippen LogP contribution in [0.25, 0.3) is 6.08 Å². The number of hydrogen-bond donors (Lipinski definition) is 1. The summed E-state index contributed by atoms with van der Waals surface area (Å²) >= 11 is 5.25. The van der Waals surface area contributed by atoms with Gasteiger partial charge in [0.2, 0.25) is 0 Å². The Morgan fingerprint density at radius 2 is 1.76 bits per heavy atom. The number of carbonyl (C=O) groups is 2. The maximum absolute atomic E-state index is 13.2. The van der Waals surface area contributed by atoms with E-state index in [9.17, 15) is 9.59 Å². The molecule has 2 amide bonds. The van der Waals surface area contributed by atoms with Gasteiger partial charge in [0, 0.05) is 11.1 Å². The molecule has 6 nitrogen and oxygen atoms in total. The van der Waals surface area contributed by atoms with Gasteiger partial charge in [-0.1, -0.05) is 19.1 Å². The van der Waals surface area contributed by atoms with Gasteiger partial charge in [0.1, 0.15) is 17.1 Å². The molecule has 7 heteroatoms. The lowest BCUT2D eigenvalue weighted by Crippen LogP contribution is -2.54. The number of nitrogens with one attached hydrogen (secondary N) is 1. The molecule has 0 aliphatic carbocycles. The Labute approximate surface area is 175 Å². The van der Waals surface area contributed by atoms with Crippen molar-refractivity contribution in [1.82, 2.24) is 5.32 Å². The van der Waals surface area contributed by atoms with Gasteiger partial charge < -0.3 is 9.47 Å². The Bertz CT molecular complexity index is 1010. The first kappa shape index (κ1) is 20.5. The maximum Gasteiger partial charge on any atom is 0.270 e. The van der Waals surface area contributed by atoms with E-state index in [1.807, 2.05) is 31.2 Å². The van der Waals surface area contributed by atoms with Crippen LogP contribution < -0.4 is 19.7 Å². The number of methoxy groups -OCH3 is 2. The Morgan fingerprint density at radius 3 is 2.34 bits per heavy atom. The third kappa shape index (κ3) is 3.86. The van der Waals surface area contributed by atoms with Gasteiger partial charge in [-0.2, -0.15) is 0 Å². The Hall–Kier alpha value is -3.19. The summed E-state index contributed by atoms with van der Waals surface area (Å²) in [6.45, 7) is 3.90. The van der Waals surface area contributed by atoms with Gasteiger partial charge in [-0.05, 0) is 61.5 Å². The van der Waals surface area contributed by atoms with E-state index >= 15 is 0 Å². The van der Waals surface area contributed by atoms with Crippen molar-refractivity contribution >= 4 is 40.9 Å². The van der Waals surface area contributed by atoms with E-state index in [0.29, 0.717) is 22.7 Å². The molecular weight excluding hydrogens is 388 g/mol. The quantitative estimate of drug-likeness (QED) is 0.465. The van der Waals surface area contributed by atoms with Crippen molar-refractivity contribution in [2.24, 2.45) is 0 Å².